The fourth-order valence-electron chi connectivity index (χ4n) is 3.04. The normalized spacial score (nSPS) is 32.3. The van der Waals surface area contributed by atoms with Gasteiger partial charge in [0.15, 0.2) is 9.84 Å². The van der Waals surface area contributed by atoms with Crippen LogP contribution in [0.25, 0.3) is 0 Å². The van der Waals surface area contributed by atoms with Crippen LogP contribution in [-0.2, 0) is 20.1 Å². The van der Waals surface area contributed by atoms with Gasteiger partial charge in [0.25, 0.3) is 0 Å². The van der Waals surface area contributed by atoms with E-state index in [9.17, 15) is 12.8 Å². The van der Waals surface area contributed by atoms with Crippen LogP contribution in [0.1, 0.15) is 19.4 Å². The second-order valence-corrected chi connectivity index (χ2v) is 8.90. The number of sulfone groups is 1. The van der Waals surface area contributed by atoms with Crippen LogP contribution in [0.15, 0.2) is 23.2 Å². The third-order valence-corrected chi connectivity index (χ3v) is 7.51. The first-order valence-electron chi connectivity index (χ1n) is 6.85. The first-order valence-corrected chi connectivity index (χ1v) is 8.40. The fourth-order valence-corrected chi connectivity index (χ4v) is 5.12. The van der Waals surface area contributed by atoms with E-state index in [1.807, 2.05) is 0 Å². The van der Waals surface area contributed by atoms with Crippen LogP contribution in [-0.4, -0.2) is 37.5 Å². The predicted octanol–water partition coefficient (Wildman–Crippen LogP) is 0.566. The van der Waals surface area contributed by atoms with Crippen LogP contribution < -0.4 is 11.5 Å². The smallest absolute Gasteiger partial charge is 0.170 e. The van der Waals surface area contributed by atoms with E-state index in [-0.39, 0.29) is 24.6 Å². The Morgan fingerprint density at radius 2 is 2.05 bits per heavy atom. The summed E-state index contributed by atoms with van der Waals surface area (Å²) in [6, 6.07) is 4.02. The first-order chi connectivity index (χ1) is 10.1. The predicted molar refractivity (Wildman–Crippen MR) is 81.7 cm³/mol. The minimum absolute atomic E-state index is 0.0449. The fraction of sp³-hybridized carbons (Fsp3) is 0.500. The molecule has 3 rings (SSSR count). The molecule has 1 fully saturated rings. The van der Waals surface area contributed by atoms with Gasteiger partial charge in [-0.05, 0) is 32.0 Å². The van der Waals surface area contributed by atoms with Crippen molar-refractivity contribution in [2.75, 3.05) is 18.9 Å². The molecule has 1 aromatic carbocycles. The van der Waals surface area contributed by atoms with E-state index in [1.165, 1.54) is 32.0 Å². The molecule has 0 amide bonds. The molecule has 0 aromatic heterocycles. The average Bonchev–Trinajstić information content (AvgIpc) is 2.85. The molecule has 8 heteroatoms. The van der Waals surface area contributed by atoms with E-state index >= 15 is 0 Å². The summed E-state index contributed by atoms with van der Waals surface area (Å²) in [5.41, 5.74) is 10.7. The van der Waals surface area contributed by atoms with Crippen LogP contribution in [0, 0.1) is 5.82 Å². The number of amidine groups is 1. The molecule has 0 aliphatic carbocycles. The molecular weight excluding hydrogens is 309 g/mol. The van der Waals surface area contributed by atoms with Crippen molar-refractivity contribution in [1.29, 1.82) is 0 Å². The van der Waals surface area contributed by atoms with E-state index < -0.39 is 31.2 Å². The van der Waals surface area contributed by atoms with Gasteiger partial charge in [0, 0.05) is 11.3 Å². The van der Waals surface area contributed by atoms with Gasteiger partial charge in [0.2, 0.25) is 0 Å². The Labute approximate surface area is 128 Å². The van der Waals surface area contributed by atoms with Crippen molar-refractivity contribution in [3.8, 4) is 0 Å². The van der Waals surface area contributed by atoms with Crippen LogP contribution in [0.2, 0.25) is 0 Å². The number of aliphatic imine (C=N–C) groups is 1. The van der Waals surface area contributed by atoms with Gasteiger partial charge < -0.3 is 16.2 Å². The minimum atomic E-state index is -3.71. The molecule has 0 bridgehead atoms. The maximum absolute atomic E-state index is 14.3. The number of halogens is 1. The Kier molecular flexibility index (Phi) is 3.06. The quantitative estimate of drug-likeness (QED) is 0.733. The highest BCUT2D eigenvalue weighted by molar-refractivity contribution is 7.94. The maximum atomic E-state index is 14.3. The SMILES string of the molecule is CC1(C)C(N)=N[C@]2(c3cc(N)ccc3F)COC[C@@H]2S1(=O)=O. The molecule has 22 heavy (non-hydrogen) atoms. The van der Waals surface area contributed by atoms with Crippen LogP contribution in [0.5, 0.6) is 0 Å². The molecular formula is C14H18FN3O3S. The van der Waals surface area contributed by atoms with Crippen molar-refractivity contribution >= 4 is 21.4 Å². The lowest BCUT2D eigenvalue weighted by Gasteiger charge is -2.41. The summed E-state index contributed by atoms with van der Waals surface area (Å²) >= 11 is 0. The molecule has 0 radical (unpaired) electrons. The van der Waals surface area contributed by atoms with Gasteiger partial charge in [0.1, 0.15) is 27.2 Å². The Morgan fingerprint density at radius 3 is 2.73 bits per heavy atom. The van der Waals surface area contributed by atoms with Crippen LogP contribution in [0.3, 0.4) is 0 Å². The zero-order valence-corrected chi connectivity index (χ0v) is 13.2. The summed E-state index contributed by atoms with van der Waals surface area (Å²) < 4.78 is 44.2. The van der Waals surface area contributed by atoms with Gasteiger partial charge in [-0.25, -0.2) is 12.8 Å². The number of benzene rings is 1. The zero-order chi connectivity index (χ0) is 16.3. The summed E-state index contributed by atoms with van der Waals surface area (Å²) in [7, 11) is -3.71. The summed E-state index contributed by atoms with van der Waals surface area (Å²) in [5.74, 6) is -0.618. The molecule has 2 aliphatic rings. The molecule has 6 nitrogen and oxygen atoms in total. The van der Waals surface area contributed by atoms with Gasteiger partial charge in [0.05, 0.1) is 13.2 Å². The Morgan fingerprint density at radius 1 is 1.36 bits per heavy atom. The van der Waals surface area contributed by atoms with Gasteiger partial charge >= 0.3 is 0 Å². The highest BCUT2D eigenvalue weighted by atomic mass is 32.2. The zero-order valence-electron chi connectivity index (χ0n) is 12.3. The molecule has 2 aliphatic heterocycles. The molecule has 2 atom stereocenters. The number of anilines is 1. The van der Waals surface area contributed by atoms with Crippen molar-refractivity contribution in [2.24, 2.45) is 10.7 Å². The minimum Gasteiger partial charge on any atom is -0.399 e. The van der Waals surface area contributed by atoms with Crippen molar-refractivity contribution in [1.82, 2.24) is 0 Å². The molecule has 4 N–H and O–H groups in total. The Balaban J connectivity index is 2.33. The Hall–Kier alpha value is -1.67. The Bertz CT molecular complexity index is 776. The summed E-state index contributed by atoms with van der Waals surface area (Å²) in [6.07, 6.45) is 0. The maximum Gasteiger partial charge on any atom is 0.170 e. The van der Waals surface area contributed by atoms with E-state index in [0.29, 0.717) is 5.69 Å². The monoisotopic (exact) mass is 327 g/mol. The highest BCUT2D eigenvalue weighted by Gasteiger charge is 2.61. The van der Waals surface area contributed by atoms with E-state index in [2.05, 4.69) is 4.99 Å². The number of hydrogen-bond donors (Lipinski definition) is 2. The topological polar surface area (TPSA) is 108 Å². The van der Waals surface area contributed by atoms with Crippen molar-refractivity contribution < 1.29 is 17.5 Å². The second kappa shape index (κ2) is 4.42. The molecule has 0 saturated carbocycles. The average molecular weight is 327 g/mol. The van der Waals surface area contributed by atoms with Gasteiger partial charge in [-0.2, -0.15) is 0 Å². The number of rotatable bonds is 1. The highest BCUT2D eigenvalue weighted by Crippen LogP contribution is 2.46. The number of nitrogens with two attached hydrogens (primary N) is 2. The third-order valence-electron chi connectivity index (χ3n) is 4.60. The van der Waals surface area contributed by atoms with Gasteiger partial charge in [-0.15, -0.1) is 0 Å². The van der Waals surface area contributed by atoms with E-state index in [1.54, 1.807) is 0 Å². The second-order valence-electron chi connectivity index (χ2n) is 6.22. The number of ether oxygens (including phenoxy) is 1. The van der Waals surface area contributed by atoms with Crippen LogP contribution in [0.4, 0.5) is 10.1 Å². The lowest BCUT2D eigenvalue weighted by atomic mass is 9.87. The summed E-state index contributed by atoms with van der Waals surface area (Å²) in [4.78, 5) is 4.39. The van der Waals surface area contributed by atoms with Gasteiger partial charge in [-0.3, -0.25) is 4.99 Å². The standard InChI is InChI=1S/C14H18FN3O3S/c1-13(2)12(17)18-14(7-21-6-11(14)22(13,19)20)9-5-8(16)3-4-10(9)15/h3-5,11H,6-7,16H2,1-2H3,(H2,17,18)/t11-,14-/m0/s1. The number of hydrogen-bond acceptors (Lipinski definition) is 6. The molecule has 2 heterocycles. The lowest BCUT2D eigenvalue weighted by Crippen LogP contribution is -2.60. The molecule has 0 unspecified atom stereocenters. The number of nitrogens with zero attached hydrogens (tertiary/aromatic N) is 1. The third kappa shape index (κ3) is 1.73. The summed E-state index contributed by atoms with van der Waals surface area (Å²) in [5, 5.41) is -0.987. The summed E-state index contributed by atoms with van der Waals surface area (Å²) in [6.45, 7) is 2.91. The first kappa shape index (κ1) is 15.2. The van der Waals surface area contributed by atoms with E-state index in [0.717, 1.165) is 0 Å². The van der Waals surface area contributed by atoms with E-state index in [4.69, 9.17) is 16.2 Å². The molecule has 0 spiro atoms. The largest absolute Gasteiger partial charge is 0.399 e. The number of fused-ring (bicyclic) bond motifs is 1. The molecule has 1 saturated heterocycles. The van der Waals surface area contributed by atoms with Crippen molar-refractivity contribution in [2.45, 2.75) is 29.4 Å². The van der Waals surface area contributed by atoms with Crippen LogP contribution >= 0.6 is 0 Å². The number of nitrogen functional groups attached to an aromatic ring is 1. The lowest BCUT2D eigenvalue weighted by molar-refractivity contribution is 0.178. The molecule has 120 valence electrons. The van der Waals surface area contributed by atoms with Crippen molar-refractivity contribution in [3.63, 3.8) is 0 Å². The van der Waals surface area contributed by atoms with Gasteiger partial charge in [-0.1, -0.05) is 0 Å². The van der Waals surface area contributed by atoms with Crippen molar-refractivity contribution in [3.05, 3.63) is 29.6 Å². The molecule has 1 aromatic rings.